The topological polar surface area (TPSA) is 30.7 Å². The Kier molecular flexibility index (Phi) is 2.68. The largest absolute Gasteiger partial charge is 0.220 e. The van der Waals surface area contributed by atoms with Crippen LogP contribution in [0, 0.1) is 12.7 Å². The van der Waals surface area contributed by atoms with Crippen LogP contribution in [0.15, 0.2) is 24.4 Å². The van der Waals surface area contributed by atoms with Crippen LogP contribution in [0.3, 0.4) is 0 Å². The van der Waals surface area contributed by atoms with E-state index < -0.39 is 0 Å². The Morgan fingerprint density at radius 3 is 2.80 bits per heavy atom. The number of aromatic nitrogens is 3. The van der Waals surface area contributed by atoms with E-state index in [1.54, 1.807) is 6.20 Å². The summed E-state index contributed by atoms with van der Waals surface area (Å²) in [5.74, 6) is 0.0156. The molecule has 1 heterocycles. The zero-order valence-corrected chi connectivity index (χ0v) is 8.87. The Bertz CT molecular complexity index is 461. The molecule has 5 heteroatoms. The number of benzene rings is 1. The predicted octanol–water partition coefficient (Wildman–Crippen LogP) is 2.45. The van der Waals surface area contributed by atoms with Gasteiger partial charge in [-0.05, 0) is 30.7 Å². The van der Waals surface area contributed by atoms with E-state index in [9.17, 15) is 4.39 Å². The second-order valence-electron chi connectivity index (χ2n) is 3.27. The zero-order valence-electron chi connectivity index (χ0n) is 8.11. The summed E-state index contributed by atoms with van der Waals surface area (Å²) in [4.78, 5) is 0. The molecule has 2 aromatic rings. The molecule has 0 aliphatic carbocycles. The third-order valence-electron chi connectivity index (χ3n) is 1.97. The quantitative estimate of drug-likeness (QED) is 0.735. The molecule has 0 amide bonds. The van der Waals surface area contributed by atoms with E-state index >= 15 is 0 Å². The second-order valence-corrected chi connectivity index (χ2v) is 3.54. The molecule has 0 unspecified atom stereocenters. The lowest BCUT2D eigenvalue weighted by molar-refractivity contribution is 0.623. The summed E-state index contributed by atoms with van der Waals surface area (Å²) in [5, 5.41) is 7.68. The van der Waals surface area contributed by atoms with Crippen molar-refractivity contribution in [1.29, 1.82) is 0 Å². The van der Waals surface area contributed by atoms with Crippen molar-refractivity contribution in [2.75, 3.05) is 0 Å². The van der Waals surface area contributed by atoms with Gasteiger partial charge in [0, 0.05) is 0 Å². The lowest BCUT2D eigenvalue weighted by atomic mass is 10.2. The van der Waals surface area contributed by atoms with Crippen LogP contribution >= 0.6 is 11.6 Å². The zero-order chi connectivity index (χ0) is 10.8. The molecule has 2 rings (SSSR count). The molecule has 0 radical (unpaired) electrons. The smallest absolute Gasteiger partial charge is 0.125 e. The van der Waals surface area contributed by atoms with E-state index in [2.05, 4.69) is 10.3 Å². The standard InChI is InChI=1S/C10H9ClFN3/c1-7-2-8(12)4-10(3-7)15-6-9(5-11)13-14-15/h2-4,6H,5H2,1H3. The third-order valence-corrected chi connectivity index (χ3v) is 2.24. The summed E-state index contributed by atoms with van der Waals surface area (Å²) in [5.41, 5.74) is 2.16. The monoisotopic (exact) mass is 225 g/mol. The van der Waals surface area contributed by atoms with Crippen molar-refractivity contribution in [3.63, 3.8) is 0 Å². The third kappa shape index (κ3) is 2.15. The van der Waals surface area contributed by atoms with Crippen molar-refractivity contribution in [1.82, 2.24) is 15.0 Å². The molecular formula is C10H9ClFN3. The molecule has 78 valence electrons. The summed E-state index contributed by atoms with van der Waals surface area (Å²) in [6, 6.07) is 4.69. The predicted molar refractivity (Wildman–Crippen MR) is 55.6 cm³/mol. The molecule has 1 aromatic carbocycles. The molecule has 0 spiro atoms. The number of aryl methyl sites for hydroxylation is 1. The van der Waals surface area contributed by atoms with Gasteiger partial charge in [0.1, 0.15) is 5.82 Å². The minimum Gasteiger partial charge on any atom is -0.220 e. The van der Waals surface area contributed by atoms with Crippen LogP contribution in [0.5, 0.6) is 0 Å². The SMILES string of the molecule is Cc1cc(F)cc(-n2cc(CCl)nn2)c1. The van der Waals surface area contributed by atoms with Gasteiger partial charge >= 0.3 is 0 Å². The summed E-state index contributed by atoms with van der Waals surface area (Å²) in [7, 11) is 0. The Balaban J connectivity index is 2.44. The average molecular weight is 226 g/mol. The van der Waals surface area contributed by atoms with Gasteiger partial charge in [-0.1, -0.05) is 5.21 Å². The first-order valence-electron chi connectivity index (χ1n) is 4.44. The molecule has 0 N–H and O–H groups in total. The van der Waals surface area contributed by atoms with Crippen LogP contribution in [0.4, 0.5) is 4.39 Å². The highest BCUT2D eigenvalue weighted by Crippen LogP contribution is 2.12. The molecule has 3 nitrogen and oxygen atoms in total. The maximum absolute atomic E-state index is 13.1. The first-order valence-corrected chi connectivity index (χ1v) is 4.97. The van der Waals surface area contributed by atoms with Gasteiger partial charge < -0.3 is 0 Å². The van der Waals surface area contributed by atoms with E-state index in [0.29, 0.717) is 17.3 Å². The molecule has 0 aliphatic rings. The van der Waals surface area contributed by atoms with Gasteiger partial charge in [-0.2, -0.15) is 0 Å². The van der Waals surface area contributed by atoms with E-state index in [0.717, 1.165) is 5.56 Å². The van der Waals surface area contributed by atoms with Gasteiger partial charge in [0.25, 0.3) is 0 Å². The maximum atomic E-state index is 13.1. The number of alkyl halides is 1. The molecule has 1 aromatic heterocycles. The van der Waals surface area contributed by atoms with Crippen molar-refractivity contribution < 1.29 is 4.39 Å². The van der Waals surface area contributed by atoms with Gasteiger partial charge in [-0.15, -0.1) is 16.7 Å². The molecule has 0 atom stereocenters. The van der Waals surface area contributed by atoms with E-state index in [1.165, 1.54) is 16.8 Å². The summed E-state index contributed by atoms with van der Waals surface area (Å²) < 4.78 is 14.6. The van der Waals surface area contributed by atoms with Gasteiger partial charge in [0.05, 0.1) is 23.5 Å². The number of rotatable bonds is 2. The van der Waals surface area contributed by atoms with Crippen molar-refractivity contribution in [2.24, 2.45) is 0 Å². The molecule has 0 saturated heterocycles. The van der Waals surface area contributed by atoms with Crippen molar-refractivity contribution in [2.45, 2.75) is 12.8 Å². The number of hydrogen-bond acceptors (Lipinski definition) is 2. The number of halogens is 2. The first-order chi connectivity index (χ1) is 7.19. The van der Waals surface area contributed by atoms with Gasteiger partial charge in [0.2, 0.25) is 0 Å². The van der Waals surface area contributed by atoms with Crippen molar-refractivity contribution in [3.8, 4) is 5.69 Å². The fourth-order valence-corrected chi connectivity index (χ4v) is 1.46. The van der Waals surface area contributed by atoms with Crippen LogP contribution in [-0.4, -0.2) is 15.0 Å². The van der Waals surface area contributed by atoms with Crippen LogP contribution in [0.2, 0.25) is 0 Å². The number of hydrogen-bond donors (Lipinski definition) is 0. The minimum atomic E-state index is -0.284. The summed E-state index contributed by atoms with van der Waals surface area (Å²) in [6.07, 6.45) is 1.68. The van der Waals surface area contributed by atoms with Gasteiger partial charge in [-0.3, -0.25) is 0 Å². The molecule has 0 saturated carbocycles. The molecular weight excluding hydrogens is 217 g/mol. The van der Waals surface area contributed by atoms with Crippen LogP contribution in [-0.2, 0) is 5.88 Å². The Morgan fingerprint density at radius 2 is 2.20 bits per heavy atom. The lowest BCUT2D eigenvalue weighted by Crippen LogP contribution is -1.96. The maximum Gasteiger partial charge on any atom is 0.125 e. The van der Waals surface area contributed by atoms with E-state index in [4.69, 9.17) is 11.6 Å². The van der Waals surface area contributed by atoms with E-state index in [1.807, 2.05) is 13.0 Å². The van der Waals surface area contributed by atoms with Crippen LogP contribution in [0.1, 0.15) is 11.3 Å². The fourth-order valence-electron chi connectivity index (χ4n) is 1.34. The average Bonchev–Trinajstić information content (AvgIpc) is 2.64. The Morgan fingerprint density at radius 1 is 1.40 bits per heavy atom. The first kappa shape index (κ1) is 10.1. The molecule has 0 fully saturated rings. The normalized spacial score (nSPS) is 10.6. The number of nitrogens with zero attached hydrogens (tertiary/aromatic N) is 3. The Labute approximate surface area is 91.5 Å². The van der Waals surface area contributed by atoms with Gasteiger partial charge in [-0.25, -0.2) is 9.07 Å². The van der Waals surface area contributed by atoms with Crippen LogP contribution < -0.4 is 0 Å². The minimum absolute atomic E-state index is 0.284. The van der Waals surface area contributed by atoms with Gasteiger partial charge in [0.15, 0.2) is 0 Å². The highest BCUT2D eigenvalue weighted by atomic mass is 35.5. The molecule has 0 aliphatic heterocycles. The fraction of sp³-hybridized carbons (Fsp3) is 0.200. The Hall–Kier alpha value is -1.42. The summed E-state index contributed by atoms with van der Waals surface area (Å²) >= 11 is 5.60. The van der Waals surface area contributed by atoms with E-state index in [-0.39, 0.29) is 5.82 Å². The van der Waals surface area contributed by atoms with Crippen LogP contribution in [0.25, 0.3) is 5.69 Å². The highest BCUT2D eigenvalue weighted by Gasteiger charge is 2.03. The van der Waals surface area contributed by atoms with Crippen molar-refractivity contribution >= 4 is 11.6 Å². The second kappa shape index (κ2) is 3.98. The molecule has 0 bridgehead atoms. The molecule has 15 heavy (non-hydrogen) atoms. The lowest BCUT2D eigenvalue weighted by Gasteiger charge is -2.01. The van der Waals surface area contributed by atoms with Crippen molar-refractivity contribution in [3.05, 3.63) is 41.5 Å². The summed E-state index contributed by atoms with van der Waals surface area (Å²) in [6.45, 7) is 1.83. The highest BCUT2D eigenvalue weighted by molar-refractivity contribution is 6.16.